The molecule has 0 amide bonds. The minimum absolute atomic E-state index is 0.805. The Morgan fingerprint density at radius 2 is 2.13 bits per heavy atom. The molecule has 0 bridgehead atoms. The number of thiophene rings is 1. The van der Waals surface area contributed by atoms with Crippen molar-refractivity contribution < 1.29 is 0 Å². The van der Waals surface area contributed by atoms with Crippen molar-refractivity contribution in [1.82, 2.24) is 9.55 Å². The zero-order chi connectivity index (χ0) is 10.8. The van der Waals surface area contributed by atoms with Gasteiger partial charge in [-0.2, -0.15) is 0 Å². The first-order valence-corrected chi connectivity index (χ1v) is 6.25. The van der Waals surface area contributed by atoms with Crippen LogP contribution in [0.5, 0.6) is 0 Å². The smallest absolute Gasteiger partial charge is 0.177 e. The highest BCUT2D eigenvalue weighted by molar-refractivity contribution is 7.71. The topological polar surface area (TPSA) is 20.7 Å². The van der Waals surface area contributed by atoms with Crippen molar-refractivity contribution in [3.63, 3.8) is 0 Å². The van der Waals surface area contributed by atoms with Gasteiger partial charge in [-0.25, -0.2) is 0 Å². The Bertz CT molecular complexity index is 505. The van der Waals surface area contributed by atoms with Gasteiger partial charge >= 0.3 is 0 Å². The number of H-pyrrole nitrogens is 1. The van der Waals surface area contributed by atoms with Gasteiger partial charge in [-0.3, -0.25) is 0 Å². The second-order valence-electron chi connectivity index (χ2n) is 3.59. The molecule has 2 nitrogen and oxygen atoms in total. The van der Waals surface area contributed by atoms with E-state index >= 15 is 0 Å². The van der Waals surface area contributed by atoms with E-state index in [2.05, 4.69) is 34.8 Å². The lowest BCUT2D eigenvalue weighted by Crippen LogP contribution is -1.95. The molecule has 2 heterocycles. The highest BCUT2D eigenvalue weighted by atomic mass is 32.1. The van der Waals surface area contributed by atoms with Gasteiger partial charge < -0.3 is 9.55 Å². The number of hydrogen-bond acceptors (Lipinski definition) is 2. The standard InChI is InChI=1S/C11H14N2S2/c1-3-9-4-5-10(15-9)7-13-6-8(2)12-11(13)14/h4-6H,3,7H2,1-2H3,(H,12,14). The SMILES string of the molecule is CCc1ccc(Cn2cc(C)[nH]c2=S)s1. The molecule has 2 aromatic heterocycles. The molecule has 0 aliphatic rings. The van der Waals surface area contributed by atoms with Crippen molar-refractivity contribution in [2.45, 2.75) is 26.8 Å². The molecule has 0 aromatic carbocycles. The van der Waals surface area contributed by atoms with Crippen LogP contribution in [0.4, 0.5) is 0 Å². The van der Waals surface area contributed by atoms with E-state index in [9.17, 15) is 0 Å². The fraction of sp³-hybridized carbons (Fsp3) is 0.364. The van der Waals surface area contributed by atoms with Crippen LogP contribution in [0.15, 0.2) is 18.3 Å². The largest absolute Gasteiger partial charge is 0.335 e. The minimum atomic E-state index is 0.805. The summed E-state index contributed by atoms with van der Waals surface area (Å²) >= 11 is 7.08. The molecule has 0 radical (unpaired) electrons. The number of imidazole rings is 1. The van der Waals surface area contributed by atoms with Crippen molar-refractivity contribution >= 4 is 23.6 Å². The van der Waals surface area contributed by atoms with Crippen LogP contribution in [0.25, 0.3) is 0 Å². The van der Waals surface area contributed by atoms with Crippen LogP contribution in [-0.2, 0) is 13.0 Å². The maximum atomic E-state index is 5.22. The van der Waals surface area contributed by atoms with Gasteiger partial charge in [0.15, 0.2) is 4.77 Å². The number of hydrogen-bond donors (Lipinski definition) is 1. The number of nitrogens with one attached hydrogen (secondary N) is 1. The second-order valence-corrected chi connectivity index (χ2v) is 5.23. The average molecular weight is 238 g/mol. The molecule has 2 aromatic rings. The Balaban J connectivity index is 2.21. The van der Waals surface area contributed by atoms with Crippen molar-refractivity contribution in [3.05, 3.63) is 38.5 Å². The number of rotatable bonds is 3. The summed E-state index contributed by atoms with van der Waals surface area (Å²) in [6.45, 7) is 5.09. The van der Waals surface area contributed by atoms with Crippen LogP contribution in [-0.4, -0.2) is 9.55 Å². The van der Waals surface area contributed by atoms with Crippen molar-refractivity contribution in [3.8, 4) is 0 Å². The lowest BCUT2D eigenvalue weighted by Gasteiger charge is -1.98. The highest BCUT2D eigenvalue weighted by Crippen LogP contribution is 2.18. The normalized spacial score (nSPS) is 10.8. The Morgan fingerprint density at radius 3 is 2.67 bits per heavy atom. The summed E-state index contributed by atoms with van der Waals surface area (Å²) in [6, 6.07) is 4.39. The van der Waals surface area contributed by atoms with E-state index in [1.165, 1.54) is 9.75 Å². The fourth-order valence-corrected chi connectivity index (χ4v) is 2.78. The molecule has 0 fully saturated rings. The maximum absolute atomic E-state index is 5.22. The molecule has 1 N–H and O–H groups in total. The lowest BCUT2D eigenvalue weighted by atomic mass is 10.3. The van der Waals surface area contributed by atoms with Gasteiger partial charge in [0, 0.05) is 21.6 Å². The van der Waals surface area contributed by atoms with E-state index in [-0.39, 0.29) is 0 Å². The van der Waals surface area contributed by atoms with E-state index in [0.29, 0.717) is 0 Å². The van der Waals surface area contributed by atoms with Crippen LogP contribution in [0.2, 0.25) is 0 Å². The van der Waals surface area contributed by atoms with Crippen molar-refractivity contribution in [2.75, 3.05) is 0 Å². The second kappa shape index (κ2) is 4.33. The molecule has 0 aliphatic carbocycles. The molecule has 80 valence electrons. The molecular weight excluding hydrogens is 224 g/mol. The van der Waals surface area contributed by atoms with Crippen LogP contribution in [0.1, 0.15) is 22.4 Å². The highest BCUT2D eigenvalue weighted by Gasteiger charge is 2.01. The third-order valence-electron chi connectivity index (χ3n) is 2.31. The Morgan fingerprint density at radius 1 is 1.40 bits per heavy atom. The number of aromatic amines is 1. The first kappa shape index (κ1) is 10.6. The first-order valence-electron chi connectivity index (χ1n) is 5.02. The summed E-state index contributed by atoms with van der Waals surface area (Å²) in [7, 11) is 0. The molecule has 0 aliphatic heterocycles. The Hall–Kier alpha value is -0.870. The summed E-state index contributed by atoms with van der Waals surface area (Å²) in [6.07, 6.45) is 3.18. The third-order valence-corrected chi connectivity index (χ3v) is 3.86. The molecule has 4 heteroatoms. The number of aryl methyl sites for hydroxylation is 2. The van der Waals surface area contributed by atoms with E-state index in [0.717, 1.165) is 23.4 Å². The van der Waals surface area contributed by atoms with Crippen molar-refractivity contribution in [1.29, 1.82) is 0 Å². The van der Waals surface area contributed by atoms with Gasteiger partial charge in [0.05, 0.1) is 6.54 Å². The van der Waals surface area contributed by atoms with Crippen LogP contribution >= 0.6 is 23.6 Å². The molecule has 15 heavy (non-hydrogen) atoms. The predicted octanol–water partition coefficient (Wildman–Crippen LogP) is 3.53. The zero-order valence-electron chi connectivity index (χ0n) is 8.91. The summed E-state index contributed by atoms with van der Waals surface area (Å²) in [5.74, 6) is 0. The van der Waals surface area contributed by atoms with Crippen molar-refractivity contribution in [2.24, 2.45) is 0 Å². The minimum Gasteiger partial charge on any atom is -0.335 e. The lowest BCUT2D eigenvalue weighted by molar-refractivity contribution is 0.795. The van der Waals surface area contributed by atoms with Gasteiger partial charge in [0.2, 0.25) is 0 Å². The summed E-state index contributed by atoms with van der Waals surface area (Å²) in [5.41, 5.74) is 1.12. The molecule has 0 saturated heterocycles. The van der Waals surface area contributed by atoms with Gasteiger partial charge in [0.1, 0.15) is 0 Å². The molecule has 2 rings (SSSR count). The summed E-state index contributed by atoms with van der Waals surface area (Å²) in [5, 5.41) is 0. The summed E-state index contributed by atoms with van der Waals surface area (Å²) < 4.78 is 2.88. The molecular formula is C11H14N2S2. The number of aromatic nitrogens is 2. The van der Waals surface area contributed by atoms with Gasteiger partial charge in [-0.05, 0) is 37.7 Å². The average Bonchev–Trinajstić information content (AvgIpc) is 2.75. The van der Waals surface area contributed by atoms with Crippen LogP contribution < -0.4 is 0 Å². The van der Waals surface area contributed by atoms with Gasteiger partial charge in [-0.1, -0.05) is 6.92 Å². The first-order chi connectivity index (χ1) is 7.19. The quantitative estimate of drug-likeness (QED) is 0.811. The molecule has 0 unspecified atom stereocenters. The number of nitrogens with zero attached hydrogens (tertiary/aromatic N) is 1. The predicted molar refractivity (Wildman–Crippen MR) is 67.2 cm³/mol. The van der Waals surface area contributed by atoms with Crippen LogP contribution in [0, 0.1) is 11.7 Å². The third kappa shape index (κ3) is 2.38. The van der Waals surface area contributed by atoms with Gasteiger partial charge in [-0.15, -0.1) is 11.3 Å². The molecule has 0 atom stereocenters. The fourth-order valence-electron chi connectivity index (χ4n) is 1.55. The Kier molecular flexibility index (Phi) is 3.07. The van der Waals surface area contributed by atoms with E-state index < -0.39 is 0 Å². The molecule has 0 spiro atoms. The van der Waals surface area contributed by atoms with Crippen LogP contribution in [0.3, 0.4) is 0 Å². The van der Waals surface area contributed by atoms with E-state index in [1.807, 2.05) is 18.3 Å². The van der Waals surface area contributed by atoms with Gasteiger partial charge in [0.25, 0.3) is 0 Å². The van der Waals surface area contributed by atoms with E-state index in [4.69, 9.17) is 12.2 Å². The summed E-state index contributed by atoms with van der Waals surface area (Å²) in [4.78, 5) is 5.93. The molecule has 0 saturated carbocycles. The monoisotopic (exact) mass is 238 g/mol. The maximum Gasteiger partial charge on any atom is 0.177 e. The Labute approximate surface area is 98.6 Å². The van der Waals surface area contributed by atoms with E-state index in [1.54, 1.807) is 0 Å². The zero-order valence-corrected chi connectivity index (χ0v) is 10.5.